The number of rotatable bonds is 7. The van der Waals surface area contributed by atoms with E-state index in [0.29, 0.717) is 17.7 Å². The number of ketones is 1. The van der Waals surface area contributed by atoms with Crippen molar-refractivity contribution in [3.05, 3.63) is 22.4 Å². The Hall–Kier alpha value is -1.69. The molecule has 0 aliphatic heterocycles. The van der Waals surface area contributed by atoms with E-state index in [1.165, 1.54) is 11.3 Å². The molecule has 1 amide bonds. The first-order valence-corrected chi connectivity index (χ1v) is 6.98. The maximum absolute atomic E-state index is 11.7. The lowest BCUT2D eigenvalue weighted by molar-refractivity contribution is -0.143. The van der Waals surface area contributed by atoms with Crippen LogP contribution in [-0.4, -0.2) is 29.3 Å². The third kappa shape index (κ3) is 3.41. The molecular weight excluding hydrogens is 266 g/mol. The van der Waals surface area contributed by atoms with Gasteiger partial charge in [-0.3, -0.25) is 14.4 Å². The summed E-state index contributed by atoms with van der Waals surface area (Å²) in [6.07, 6.45) is 1.48. The van der Waals surface area contributed by atoms with Gasteiger partial charge >= 0.3 is 5.97 Å². The third-order valence-electron chi connectivity index (χ3n) is 3.31. The first-order chi connectivity index (χ1) is 9.03. The minimum Gasteiger partial charge on any atom is -0.481 e. The molecule has 1 aromatic heterocycles. The van der Waals surface area contributed by atoms with Gasteiger partial charge in [-0.2, -0.15) is 0 Å². The van der Waals surface area contributed by atoms with Gasteiger partial charge in [-0.25, -0.2) is 0 Å². The highest BCUT2D eigenvalue weighted by atomic mass is 32.1. The zero-order valence-electron chi connectivity index (χ0n) is 10.3. The Labute approximate surface area is 114 Å². The molecule has 2 N–H and O–H groups in total. The van der Waals surface area contributed by atoms with Crippen LogP contribution in [0.3, 0.4) is 0 Å². The number of carboxylic acids is 1. The molecular formula is C13H15NO4S. The Balaban J connectivity index is 1.71. The summed E-state index contributed by atoms with van der Waals surface area (Å²) in [7, 11) is 0. The lowest BCUT2D eigenvalue weighted by Crippen LogP contribution is -2.34. The zero-order chi connectivity index (χ0) is 13.9. The summed E-state index contributed by atoms with van der Waals surface area (Å²) < 4.78 is 0. The molecule has 2 rings (SSSR count). The Morgan fingerprint density at radius 3 is 2.58 bits per heavy atom. The van der Waals surface area contributed by atoms with Crippen LogP contribution in [0, 0.1) is 5.41 Å². The number of aliphatic carboxylic acids is 1. The van der Waals surface area contributed by atoms with Crippen LogP contribution in [0.4, 0.5) is 0 Å². The first kappa shape index (κ1) is 13.7. The van der Waals surface area contributed by atoms with E-state index in [4.69, 9.17) is 5.11 Å². The van der Waals surface area contributed by atoms with E-state index in [2.05, 4.69) is 5.32 Å². The number of carboxylic acid groups (broad SMARTS) is 1. The molecule has 0 aromatic carbocycles. The minimum absolute atomic E-state index is 0.0514. The molecule has 0 radical (unpaired) electrons. The van der Waals surface area contributed by atoms with E-state index in [9.17, 15) is 14.4 Å². The van der Waals surface area contributed by atoms with Crippen LogP contribution in [0.25, 0.3) is 0 Å². The van der Waals surface area contributed by atoms with Gasteiger partial charge < -0.3 is 10.4 Å². The quantitative estimate of drug-likeness (QED) is 0.745. The van der Waals surface area contributed by atoms with Crippen molar-refractivity contribution in [2.24, 2.45) is 5.41 Å². The molecule has 102 valence electrons. The molecule has 0 bridgehead atoms. The molecule has 0 spiro atoms. The highest BCUT2D eigenvalue weighted by molar-refractivity contribution is 7.12. The van der Waals surface area contributed by atoms with Crippen molar-refractivity contribution < 1.29 is 19.5 Å². The predicted molar refractivity (Wildman–Crippen MR) is 70.2 cm³/mol. The van der Waals surface area contributed by atoms with Crippen molar-refractivity contribution in [3.63, 3.8) is 0 Å². The highest BCUT2D eigenvalue weighted by Crippen LogP contribution is 2.45. The van der Waals surface area contributed by atoms with Gasteiger partial charge in [-0.05, 0) is 24.3 Å². The number of Topliss-reactive ketones (excluding diaryl/α,β-unsaturated/α-hetero) is 1. The second-order valence-electron chi connectivity index (χ2n) is 4.76. The molecule has 6 heteroatoms. The van der Waals surface area contributed by atoms with Crippen molar-refractivity contribution in [1.29, 1.82) is 0 Å². The van der Waals surface area contributed by atoms with Crippen molar-refractivity contribution in [2.75, 3.05) is 6.54 Å². The Kier molecular flexibility index (Phi) is 3.99. The summed E-state index contributed by atoms with van der Waals surface area (Å²) in [4.78, 5) is 34.8. The van der Waals surface area contributed by atoms with Crippen molar-refractivity contribution >= 4 is 29.0 Å². The lowest BCUT2D eigenvalue weighted by atomic mass is 10.1. The molecule has 1 fully saturated rings. The van der Waals surface area contributed by atoms with E-state index < -0.39 is 11.4 Å². The van der Waals surface area contributed by atoms with E-state index in [1.807, 2.05) is 5.38 Å². The fourth-order valence-corrected chi connectivity index (χ4v) is 2.46. The van der Waals surface area contributed by atoms with Crippen LogP contribution in [0.1, 0.15) is 35.4 Å². The van der Waals surface area contributed by atoms with Crippen LogP contribution in [0.5, 0.6) is 0 Å². The molecule has 1 saturated carbocycles. The molecule has 1 heterocycles. The number of amides is 1. The largest absolute Gasteiger partial charge is 0.481 e. The molecule has 1 aliphatic rings. The summed E-state index contributed by atoms with van der Waals surface area (Å²) in [5, 5.41) is 13.4. The predicted octanol–water partition coefficient (Wildman–Crippen LogP) is 1.69. The summed E-state index contributed by atoms with van der Waals surface area (Å²) in [5.41, 5.74) is -0.757. The lowest BCUT2D eigenvalue weighted by Gasteiger charge is -2.10. The highest BCUT2D eigenvalue weighted by Gasteiger charge is 2.50. The van der Waals surface area contributed by atoms with Crippen LogP contribution in [0.2, 0.25) is 0 Å². The summed E-state index contributed by atoms with van der Waals surface area (Å²) >= 11 is 1.36. The first-order valence-electron chi connectivity index (χ1n) is 6.10. The number of nitrogens with one attached hydrogen (secondary N) is 1. The molecule has 0 saturated heterocycles. The number of carbonyl (C=O) groups is 3. The topological polar surface area (TPSA) is 83.5 Å². The molecule has 0 atom stereocenters. The Morgan fingerprint density at radius 2 is 2.05 bits per heavy atom. The van der Waals surface area contributed by atoms with Gasteiger partial charge in [0.2, 0.25) is 5.91 Å². The monoisotopic (exact) mass is 281 g/mol. The van der Waals surface area contributed by atoms with Gasteiger partial charge in [0.15, 0.2) is 5.78 Å². The van der Waals surface area contributed by atoms with Gasteiger partial charge in [0.05, 0.1) is 10.3 Å². The van der Waals surface area contributed by atoms with Gasteiger partial charge in [-0.15, -0.1) is 11.3 Å². The Bertz CT molecular complexity index is 491. The van der Waals surface area contributed by atoms with E-state index >= 15 is 0 Å². The van der Waals surface area contributed by atoms with Gasteiger partial charge in [0, 0.05) is 19.4 Å². The number of thiophene rings is 1. The third-order valence-corrected chi connectivity index (χ3v) is 4.22. The van der Waals surface area contributed by atoms with Crippen LogP contribution in [0.15, 0.2) is 17.5 Å². The number of hydrogen-bond donors (Lipinski definition) is 2. The molecule has 1 aromatic rings. The smallest absolute Gasteiger partial charge is 0.311 e. The number of carbonyl (C=O) groups excluding carboxylic acids is 2. The van der Waals surface area contributed by atoms with E-state index in [0.717, 1.165) is 0 Å². The van der Waals surface area contributed by atoms with Gasteiger partial charge in [-0.1, -0.05) is 6.07 Å². The second kappa shape index (κ2) is 5.52. The van der Waals surface area contributed by atoms with Gasteiger partial charge in [0.1, 0.15) is 0 Å². The standard InChI is InChI=1S/C13H15NO4S/c15-9(10-2-1-7-19-10)3-4-11(16)14-8-13(5-6-13)12(17)18/h1-2,7H,3-6,8H2,(H,14,16)(H,17,18). The summed E-state index contributed by atoms with van der Waals surface area (Å²) in [6, 6.07) is 3.52. The molecule has 0 unspecified atom stereocenters. The Morgan fingerprint density at radius 1 is 1.32 bits per heavy atom. The summed E-state index contributed by atoms with van der Waals surface area (Å²) in [6.45, 7) is 0.161. The average Bonchev–Trinajstić information content (AvgIpc) is 2.99. The number of hydrogen-bond acceptors (Lipinski definition) is 4. The second-order valence-corrected chi connectivity index (χ2v) is 5.71. The van der Waals surface area contributed by atoms with Gasteiger partial charge in [0.25, 0.3) is 0 Å². The fraction of sp³-hybridized carbons (Fsp3) is 0.462. The van der Waals surface area contributed by atoms with Crippen LogP contribution >= 0.6 is 11.3 Å². The molecule has 1 aliphatic carbocycles. The minimum atomic E-state index is -0.859. The van der Waals surface area contributed by atoms with Crippen molar-refractivity contribution in [3.8, 4) is 0 Å². The molecule has 5 nitrogen and oxygen atoms in total. The van der Waals surface area contributed by atoms with Crippen molar-refractivity contribution in [1.82, 2.24) is 5.32 Å². The van der Waals surface area contributed by atoms with E-state index in [1.54, 1.807) is 12.1 Å². The van der Waals surface area contributed by atoms with Crippen LogP contribution < -0.4 is 5.32 Å². The summed E-state index contributed by atoms with van der Waals surface area (Å²) in [5.74, 6) is -1.18. The van der Waals surface area contributed by atoms with Crippen LogP contribution in [-0.2, 0) is 9.59 Å². The van der Waals surface area contributed by atoms with Crippen molar-refractivity contribution in [2.45, 2.75) is 25.7 Å². The maximum Gasteiger partial charge on any atom is 0.311 e. The average molecular weight is 281 g/mol. The molecule has 19 heavy (non-hydrogen) atoms. The SMILES string of the molecule is O=C(CCC(=O)c1cccs1)NCC1(C(=O)O)CC1. The maximum atomic E-state index is 11.7. The normalized spacial score (nSPS) is 15.8. The fourth-order valence-electron chi connectivity index (χ4n) is 1.76. The van der Waals surface area contributed by atoms with E-state index in [-0.39, 0.29) is 31.1 Å². The zero-order valence-corrected chi connectivity index (χ0v) is 11.2.